The van der Waals surface area contributed by atoms with Gasteiger partial charge in [-0.2, -0.15) is 0 Å². The molecule has 2 unspecified atom stereocenters. The van der Waals surface area contributed by atoms with Crippen LogP contribution in [0.2, 0.25) is 0 Å². The average Bonchev–Trinajstić information content (AvgIpc) is 2.73. The molecule has 1 aliphatic rings. The van der Waals surface area contributed by atoms with Crippen LogP contribution >= 0.6 is 0 Å². The fourth-order valence-corrected chi connectivity index (χ4v) is 1.92. The lowest BCUT2D eigenvalue weighted by atomic mass is 9.85. The van der Waals surface area contributed by atoms with Gasteiger partial charge in [0.2, 0.25) is 5.91 Å². The zero-order chi connectivity index (χ0) is 14.0. The smallest absolute Gasteiger partial charge is 0.234 e. The van der Waals surface area contributed by atoms with Crippen LogP contribution in [-0.2, 0) is 9.53 Å². The van der Waals surface area contributed by atoms with Crippen molar-refractivity contribution < 1.29 is 18.7 Å². The summed E-state index contributed by atoms with van der Waals surface area (Å²) in [6, 6.07) is 3.75. The van der Waals surface area contributed by atoms with Crippen LogP contribution in [0.5, 0.6) is 5.75 Å². The highest BCUT2D eigenvalue weighted by molar-refractivity contribution is 5.96. The van der Waals surface area contributed by atoms with Crippen molar-refractivity contribution in [2.24, 2.45) is 11.1 Å². The Morgan fingerprint density at radius 2 is 2.37 bits per heavy atom. The maximum absolute atomic E-state index is 13.6. The third kappa shape index (κ3) is 2.54. The van der Waals surface area contributed by atoms with Crippen molar-refractivity contribution in [3.8, 4) is 5.75 Å². The fourth-order valence-electron chi connectivity index (χ4n) is 1.92. The Kier molecular flexibility index (Phi) is 3.73. The Morgan fingerprint density at radius 1 is 1.63 bits per heavy atom. The molecule has 0 aliphatic carbocycles. The first-order chi connectivity index (χ1) is 8.97. The predicted molar refractivity (Wildman–Crippen MR) is 68.5 cm³/mol. The molecule has 1 aromatic carbocycles. The molecule has 1 aromatic rings. The molecule has 1 aliphatic heterocycles. The molecule has 0 spiro atoms. The number of nitrogens with two attached hydrogens (primary N) is 1. The van der Waals surface area contributed by atoms with Gasteiger partial charge >= 0.3 is 0 Å². The third-order valence-electron chi connectivity index (χ3n) is 3.46. The van der Waals surface area contributed by atoms with Crippen LogP contribution < -0.4 is 15.8 Å². The molecule has 3 N–H and O–H groups in total. The van der Waals surface area contributed by atoms with Crippen LogP contribution in [0, 0.1) is 11.2 Å². The Balaban J connectivity index is 2.19. The quantitative estimate of drug-likeness (QED) is 0.862. The molecule has 2 atom stereocenters. The van der Waals surface area contributed by atoms with Gasteiger partial charge in [-0.15, -0.1) is 0 Å². The first-order valence-electron chi connectivity index (χ1n) is 5.95. The lowest BCUT2D eigenvalue weighted by Gasteiger charge is -2.25. The number of halogens is 1. The topological polar surface area (TPSA) is 73.6 Å². The number of hydrogen-bond donors (Lipinski definition) is 2. The number of ether oxygens (including phenoxy) is 2. The molecule has 19 heavy (non-hydrogen) atoms. The second kappa shape index (κ2) is 5.14. The molecular weight excluding hydrogens is 251 g/mol. The largest absolute Gasteiger partial charge is 0.497 e. The molecule has 1 heterocycles. The number of methoxy groups -OCH3 is 1. The van der Waals surface area contributed by atoms with E-state index in [2.05, 4.69) is 5.32 Å². The van der Waals surface area contributed by atoms with Gasteiger partial charge in [-0.1, -0.05) is 0 Å². The third-order valence-corrected chi connectivity index (χ3v) is 3.46. The van der Waals surface area contributed by atoms with Gasteiger partial charge in [-0.25, -0.2) is 4.39 Å². The lowest BCUT2D eigenvalue weighted by Crippen LogP contribution is -2.47. The molecule has 5 nitrogen and oxygen atoms in total. The fraction of sp³-hybridized carbons (Fsp3) is 0.462. The van der Waals surface area contributed by atoms with E-state index in [1.54, 1.807) is 6.92 Å². The number of hydrogen-bond acceptors (Lipinski definition) is 4. The molecule has 0 saturated carbocycles. The van der Waals surface area contributed by atoms with Crippen LogP contribution in [-0.4, -0.2) is 32.3 Å². The van der Waals surface area contributed by atoms with Crippen LogP contribution in [0.15, 0.2) is 18.2 Å². The summed E-state index contributed by atoms with van der Waals surface area (Å²) in [5, 5.41) is 2.54. The van der Waals surface area contributed by atoms with Gasteiger partial charge in [0.1, 0.15) is 11.6 Å². The van der Waals surface area contributed by atoms with E-state index < -0.39 is 17.3 Å². The number of nitrogens with one attached hydrogen (secondary N) is 1. The molecule has 0 aromatic heterocycles. The molecule has 2 rings (SSSR count). The number of carbonyl (C=O) groups excluding carboxylic acids is 1. The number of anilines is 1. The molecule has 104 valence electrons. The van der Waals surface area contributed by atoms with Crippen molar-refractivity contribution in [3.05, 3.63) is 24.0 Å². The van der Waals surface area contributed by atoms with Gasteiger partial charge in [-0.3, -0.25) is 4.79 Å². The summed E-state index contributed by atoms with van der Waals surface area (Å²) in [6.07, 6.45) is 0. The van der Waals surface area contributed by atoms with Gasteiger partial charge in [0.15, 0.2) is 0 Å². The van der Waals surface area contributed by atoms with E-state index in [-0.39, 0.29) is 18.2 Å². The SMILES string of the molecule is COc1ccc(F)c(NC(=O)C2(C)COCC2N)c1. The highest BCUT2D eigenvalue weighted by Gasteiger charge is 2.44. The van der Waals surface area contributed by atoms with E-state index in [0.29, 0.717) is 12.4 Å². The van der Waals surface area contributed by atoms with E-state index in [0.717, 1.165) is 0 Å². The number of rotatable bonds is 3. The van der Waals surface area contributed by atoms with Crippen molar-refractivity contribution in [1.29, 1.82) is 0 Å². The molecule has 0 radical (unpaired) electrons. The first-order valence-corrected chi connectivity index (χ1v) is 5.95. The molecule has 0 bridgehead atoms. The first kappa shape index (κ1) is 13.8. The van der Waals surface area contributed by atoms with Gasteiger partial charge < -0.3 is 20.5 Å². The molecule has 1 amide bonds. The van der Waals surface area contributed by atoms with E-state index >= 15 is 0 Å². The van der Waals surface area contributed by atoms with Gasteiger partial charge in [0, 0.05) is 12.1 Å². The minimum atomic E-state index is -0.852. The number of benzene rings is 1. The maximum Gasteiger partial charge on any atom is 0.234 e. The zero-order valence-corrected chi connectivity index (χ0v) is 10.9. The predicted octanol–water partition coefficient (Wildman–Crippen LogP) is 1.14. The Morgan fingerprint density at radius 3 is 2.95 bits per heavy atom. The van der Waals surface area contributed by atoms with Crippen LogP contribution in [0.4, 0.5) is 10.1 Å². The summed E-state index contributed by atoms with van der Waals surface area (Å²) in [5.41, 5.74) is 5.08. The summed E-state index contributed by atoms with van der Waals surface area (Å²) < 4.78 is 23.8. The molecule has 6 heteroatoms. The average molecular weight is 268 g/mol. The van der Waals surface area contributed by atoms with E-state index in [1.807, 2.05) is 0 Å². The molecule has 1 fully saturated rings. The van der Waals surface area contributed by atoms with Crippen LogP contribution in [0.3, 0.4) is 0 Å². The van der Waals surface area contributed by atoms with E-state index in [1.165, 1.54) is 25.3 Å². The van der Waals surface area contributed by atoms with Crippen LogP contribution in [0.1, 0.15) is 6.92 Å². The van der Waals surface area contributed by atoms with Gasteiger partial charge in [0.05, 0.1) is 31.4 Å². The maximum atomic E-state index is 13.6. The molecule has 1 saturated heterocycles. The summed E-state index contributed by atoms with van der Waals surface area (Å²) in [4.78, 5) is 12.2. The summed E-state index contributed by atoms with van der Waals surface area (Å²) in [5.74, 6) is -0.413. The number of amides is 1. The number of carbonyl (C=O) groups is 1. The second-order valence-corrected chi connectivity index (χ2v) is 4.84. The minimum absolute atomic E-state index is 0.0738. The van der Waals surface area contributed by atoms with E-state index in [4.69, 9.17) is 15.2 Å². The summed E-state index contributed by atoms with van der Waals surface area (Å²) in [7, 11) is 1.47. The minimum Gasteiger partial charge on any atom is -0.497 e. The highest BCUT2D eigenvalue weighted by atomic mass is 19.1. The van der Waals surface area contributed by atoms with Crippen molar-refractivity contribution in [2.75, 3.05) is 25.6 Å². The van der Waals surface area contributed by atoms with Gasteiger partial charge in [0.25, 0.3) is 0 Å². The van der Waals surface area contributed by atoms with Gasteiger partial charge in [-0.05, 0) is 19.1 Å². The lowest BCUT2D eigenvalue weighted by molar-refractivity contribution is -0.125. The standard InChI is InChI=1S/C13H17FN2O3/c1-13(7-19-6-11(13)15)12(17)16-10-5-8(18-2)3-4-9(10)14/h3-5,11H,6-7,15H2,1-2H3,(H,16,17). The summed E-state index contributed by atoms with van der Waals surface area (Å²) in [6.45, 7) is 2.26. The zero-order valence-electron chi connectivity index (χ0n) is 10.9. The summed E-state index contributed by atoms with van der Waals surface area (Å²) >= 11 is 0. The normalized spacial score (nSPS) is 26.2. The Bertz CT molecular complexity index is 495. The van der Waals surface area contributed by atoms with Crippen molar-refractivity contribution in [2.45, 2.75) is 13.0 Å². The Labute approximate surface area is 110 Å². The van der Waals surface area contributed by atoms with Crippen molar-refractivity contribution in [3.63, 3.8) is 0 Å². The highest BCUT2D eigenvalue weighted by Crippen LogP contribution is 2.30. The van der Waals surface area contributed by atoms with Crippen molar-refractivity contribution >= 4 is 11.6 Å². The molecular formula is C13H17FN2O3. The monoisotopic (exact) mass is 268 g/mol. The second-order valence-electron chi connectivity index (χ2n) is 4.84. The van der Waals surface area contributed by atoms with Crippen LogP contribution in [0.25, 0.3) is 0 Å². The Hall–Kier alpha value is -1.66. The van der Waals surface area contributed by atoms with E-state index in [9.17, 15) is 9.18 Å². The van der Waals surface area contributed by atoms with Crippen molar-refractivity contribution in [1.82, 2.24) is 0 Å².